The molecule has 0 heterocycles. The number of rotatable bonds is 3. The van der Waals surface area contributed by atoms with Crippen molar-refractivity contribution in [1.82, 2.24) is 0 Å². The van der Waals surface area contributed by atoms with Gasteiger partial charge < -0.3 is 0 Å². The number of aryl methyl sites for hydroxylation is 3. The van der Waals surface area contributed by atoms with Gasteiger partial charge in [0.05, 0.1) is 4.90 Å². The van der Waals surface area contributed by atoms with E-state index in [9.17, 15) is 4.21 Å². The largest absolute Gasteiger partial charge is 0.229 e. The van der Waals surface area contributed by atoms with E-state index in [0.717, 1.165) is 16.0 Å². The predicted molar refractivity (Wildman–Crippen MR) is 82.1 cm³/mol. The molecule has 0 amide bonds. The molecule has 0 radical (unpaired) electrons. The van der Waals surface area contributed by atoms with E-state index in [4.69, 9.17) is 0 Å². The lowest BCUT2D eigenvalue weighted by Crippen LogP contribution is -2.08. The number of nitrogens with zero attached hydrogens (tertiary/aromatic N) is 1. The molecule has 19 heavy (non-hydrogen) atoms. The normalized spacial score (nSPS) is 18.9. The Balaban J connectivity index is 2.13. The molecule has 2 rings (SSSR count). The molecule has 0 unspecified atom stereocenters. The lowest BCUT2D eigenvalue weighted by molar-refractivity contribution is 0.445. The first-order chi connectivity index (χ1) is 9.08. The Morgan fingerprint density at radius 2 is 1.68 bits per heavy atom. The number of benzene rings is 1. The van der Waals surface area contributed by atoms with Gasteiger partial charge in [-0.05, 0) is 50.7 Å². The summed E-state index contributed by atoms with van der Waals surface area (Å²) >= 11 is 0. The summed E-state index contributed by atoms with van der Waals surface area (Å²) in [6.45, 7) is 6.10. The molecular weight excluding hydrogens is 254 g/mol. The summed E-state index contributed by atoms with van der Waals surface area (Å²) < 4.78 is 16.7. The molecule has 1 aromatic carbocycles. The van der Waals surface area contributed by atoms with E-state index in [1.807, 2.05) is 20.1 Å². The van der Waals surface area contributed by atoms with Crippen LogP contribution in [0.4, 0.5) is 0 Å². The minimum atomic E-state index is -1.25. The van der Waals surface area contributed by atoms with Gasteiger partial charge in [-0.25, -0.2) is 4.21 Å². The fraction of sp³-hybridized carbons (Fsp3) is 0.562. The van der Waals surface area contributed by atoms with Crippen LogP contribution in [0.2, 0.25) is 0 Å². The Hall–Kier alpha value is -0.960. The highest BCUT2D eigenvalue weighted by Gasteiger charge is 2.13. The Bertz CT molecular complexity index is 478. The molecule has 3 heteroatoms. The Labute approximate surface area is 118 Å². The molecule has 0 aromatic heterocycles. The van der Waals surface area contributed by atoms with E-state index in [1.54, 1.807) is 0 Å². The van der Waals surface area contributed by atoms with Crippen molar-refractivity contribution in [3.05, 3.63) is 28.8 Å². The molecule has 2 nitrogen and oxygen atoms in total. The maximum atomic E-state index is 12.4. The van der Waals surface area contributed by atoms with E-state index in [-0.39, 0.29) is 0 Å². The summed E-state index contributed by atoms with van der Waals surface area (Å²) in [6, 6.07) is 4.16. The van der Waals surface area contributed by atoms with Crippen molar-refractivity contribution in [2.75, 3.05) is 0 Å². The fourth-order valence-corrected chi connectivity index (χ4v) is 3.98. The summed E-state index contributed by atoms with van der Waals surface area (Å²) in [7, 11) is -1.25. The predicted octanol–water partition coefficient (Wildman–Crippen LogP) is 4.29. The number of hydrogen-bond acceptors (Lipinski definition) is 1. The van der Waals surface area contributed by atoms with Gasteiger partial charge in [-0.2, -0.15) is 4.40 Å². The molecule has 0 N–H and O–H groups in total. The van der Waals surface area contributed by atoms with E-state index in [2.05, 4.69) is 23.5 Å². The van der Waals surface area contributed by atoms with Crippen molar-refractivity contribution in [2.45, 2.75) is 57.8 Å². The second-order valence-corrected chi connectivity index (χ2v) is 6.75. The molecule has 1 aliphatic carbocycles. The van der Waals surface area contributed by atoms with Crippen LogP contribution in [0.5, 0.6) is 0 Å². The van der Waals surface area contributed by atoms with E-state index in [1.165, 1.54) is 37.7 Å². The van der Waals surface area contributed by atoms with Crippen LogP contribution in [-0.4, -0.2) is 10.4 Å². The first-order valence-corrected chi connectivity index (χ1v) is 8.22. The zero-order valence-electron chi connectivity index (χ0n) is 12.1. The standard InChI is InChI=1S/C16H23NOS/c1-12-9-13(2)16(14(3)10-12)19(18)17-11-15-7-5-4-6-8-15/h9-11,15H,4-8H2,1-3H3/b17-11+/t19-/m1/s1. The molecular formula is C16H23NOS. The van der Waals surface area contributed by atoms with Crippen LogP contribution in [-0.2, 0) is 11.0 Å². The second kappa shape index (κ2) is 6.47. The zero-order chi connectivity index (χ0) is 13.8. The first-order valence-electron chi connectivity index (χ1n) is 7.12. The van der Waals surface area contributed by atoms with Gasteiger partial charge in [0.25, 0.3) is 0 Å². The second-order valence-electron chi connectivity index (χ2n) is 5.63. The molecule has 0 saturated heterocycles. The van der Waals surface area contributed by atoms with Crippen LogP contribution < -0.4 is 0 Å². The number of hydrogen-bond donors (Lipinski definition) is 0. The topological polar surface area (TPSA) is 29.4 Å². The summed E-state index contributed by atoms with van der Waals surface area (Å²) in [6.07, 6.45) is 8.24. The minimum Gasteiger partial charge on any atom is -0.229 e. The van der Waals surface area contributed by atoms with Crippen molar-refractivity contribution in [2.24, 2.45) is 10.3 Å². The van der Waals surface area contributed by atoms with Gasteiger partial charge in [0.2, 0.25) is 0 Å². The van der Waals surface area contributed by atoms with Crippen LogP contribution in [0.25, 0.3) is 0 Å². The third-order valence-electron chi connectivity index (χ3n) is 3.80. The van der Waals surface area contributed by atoms with E-state index < -0.39 is 11.0 Å². The molecule has 1 aromatic rings. The molecule has 1 aliphatic rings. The average molecular weight is 277 g/mol. The van der Waals surface area contributed by atoms with Crippen LogP contribution in [0, 0.1) is 26.7 Å². The molecule has 0 bridgehead atoms. The first kappa shape index (κ1) is 14.4. The van der Waals surface area contributed by atoms with E-state index in [0.29, 0.717) is 5.92 Å². The summed E-state index contributed by atoms with van der Waals surface area (Å²) in [5, 5.41) is 0. The van der Waals surface area contributed by atoms with Gasteiger partial charge in [0.1, 0.15) is 0 Å². The van der Waals surface area contributed by atoms with Crippen molar-refractivity contribution in [3.8, 4) is 0 Å². The van der Waals surface area contributed by atoms with Crippen LogP contribution in [0.3, 0.4) is 0 Å². The maximum Gasteiger partial charge on any atom is 0.172 e. The van der Waals surface area contributed by atoms with Crippen molar-refractivity contribution in [1.29, 1.82) is 0 Å². The van der Waals surface area contributed by atoms with Gasteiger partial charge in [-0.1, -0.05) is 37.0 Å². The highest BCUT2D eigenvalue weighted by molar-refractivity contribution is 7.84. The van der Waals surface area contributed by atoms with Gasteiger partial charge in [-0.15, -0.1) is 0 Å². The highest BCUT2D eigenvalue weighted by Crippen LogP contribution is 2.24. The SMILES string of the molecule is Cc1cc(C)c([S@@](=O)/N=C/C2CCCCC2)c(C)c1. The van der Waals surface area contributed by atoms with Gasteiger partial charge >= 0.3 is 0 Å². The van der Waals surface area contributed by atoms with Crippen molar-refractivity contribution < 1.29 is 4.21 Å². The molecule has 1 saturated carbocycles. The summed E-state index contributed by atoms with van der Waals surface area (Å²) in [5.74, 6) is 0.531. The minimum absolute atomic E-state index is 0.531. The molecule has 0 spiro atoms. The highest BCUT2D eigenvalue weighted by atomic mass is 32.2. The summed E-state index contributed by atoms with van der Waals surface area (Å²) in [4.78, 5) is 0.887. The molecule has 0 aliphatic heterocycles. The summed E-state index contributed by atoms with van der Waals surface area (Å²) in [5.41, 5.74) is 3.38. The quantitative estimate of drug-likeness (QED) is 0.758. The van der Waals surface area contributed by atoms with Crippen molar-refractivity contribution >= 4 is 17.2 Å². The molecule has 1 atom stereocenters. The van der Waals surface area contributed by atoms with Gasteiger partial charge in [0.15, 0.2) is 11.0 Å². The third-order valence-corrected chi connectivity index (χ3v) is 5.10. The lowest BCUT2D eigenvalue weighted by Gasteiger charge is -2.16. The monoisotopic (exact) mass is 277 g/mol. The van der Waals surface area contributed by atoms with Gasteiger partial charge in [-0.3, -0.25) is 0 Å². The fourth-order valence-electron chi connectivity index (χ4n) is 2.92. The van der Waals surface area contributed by atoms with Crippen LogP contribution in [0.1, 0.15) is 48.8 Å². The molecule has 1 fully saturated rings. The van der Waals surface area contributed by atoms with Crippen LogP contribution in [0.15, 0.2) is 21.4 Å². The average Bonchev–Trinajstić information content (AvgIpc) is 2.36. The maximum absolute atomic E-state index is 12.4. The Kier molecular flexibility index (Phi) is 4.92. The smallest absolute Gasteiger partial charge is 0.172 e. The third kappa shape index (κ3) is 3.75. The Morgan fingerprint density at radius 1 is 1.11 bits per heavy atom. The molecule has 104 valence electrons. The lowest BCUT2D eigenvalue weighted by atomic mass is 9.90. The zero-order valence-corrected chi connectivity index (χ0v) is 12.9. The Morgan fingerprint density at radius 3 is 2.26 bits per heavy atom. The van der Waals surface area contributed by atoms with E-state index >= 15 is 0 Å². The van der Waals surface area contributed by atoms with Gasteiger partial charge in [0, 0.05) is 6.21 Å². The van der Waals surface area contributed by atoms with Crippen molar-refractivity contribution in [3.63, 3.8) is 0 Å². The van der Waals surface area contributed by atoms with Crippen LogP contribution >= 0.6 is 0 Å².